The number of nitrogens with zero attached hydrogens (tertiary/aromatic N) is 3. The third-order valence-electron chi connectivity index (χ3n) is 2.91. The second-order valence-corrected chi connectivity index (χ2v) is 4.82. The van der Waals surface area contributed by atoms with Crippen molar-refractivity contribution in [3.63, 3.8) is 0 Å². The number of hydrogen-bond acceptors (Lipinski definition) is 3. The number of alkyl halides is 3. The zero-order valence-corrected chi connectivity index (χ0v) is 10.9. The van der Waals surface area contributed by atoms with E-state index < -0.39 is 17.3 Å². The van der Waals surface area contributed by atoms with Gasteiger partial charge in [-0.1, -0.05) is 6.92 Å². The monoisotopic (exact) mass is 272 g/mol. The Labute approximate surface area is 108 Å². The molecule has 7 heteroatoms. The van der Waals surface area contributed by atoms with Gasteiger partial charge in [0.2, 0.25) is 0 Å². The van der Waals surface area contributed by atoms with Gasteiger partial charge < -0.3 is 5.32 Å². The van der Waals surface area contributed by atoms with E-state index in [1.807, 2.05) is 20.8 Å². The average molecular weight is 272 g/mol. The zero-order valence-electron chi connectivity index (χ0n) is 10.9. The van der Waals surface area contributed by atoms with Gasteiger partial charge in [0.25, 0.3) is 0 Å². The van der Waals surface area contributed by atoms with E-state index in [2.05, 4.69) is 15.5 Å². The highest BCUT2D eigenvalue weighted by molar-refractivity contribution is 5.41. The Hall–Kier alpha value is -1.63. The zero-order chi connectivity index (χ0) is 14.3. The number of pyridine rings is 1. The highest BCUT2D eigenvalue weighted by Crippen LogP contribution is 2.30. The van der Waals surface area contributed by atoms with Crippen LogP contribution in [-0.2, 0) is 11.7 Å². The van der Waals surface area contributed by atoms with Crippen molar-refractivity contribution in [2.24, 2.45) is 0 Å². The van der Waals surface area contributed by atoms with Gasteiger partial charge in [-0.15, -0.1) is 10.2 Å². The van der Waals surface area contributed by atoms with E-state index in [-0.39, 0.29) is 0 Å². The predicted octanol–water partition coefficient (Wildman–Crippen LogP) is 2.59. The molecule has 4 nitrogen and oxygen atoms in total. The highest BCUT2D eigenvalue weighted by Gasteiger charge is 2.32. The summed E-state index contributed by atoms with van der Waals surface area (Å²) >= 11 is 0. The van der Waals surface area contributed by atoms with Gasteiger partial charge in [-0.05, 0) is 32.5 Å². The molecule has 0 saturated carbocycles. The number of hydrogen-bond donors (Lipinski definition) is 1. The van der Waals surface area contributed by atoms with Gasteiger partial charge in [0, 0.05) is 6.20 Å². The molecule has 2 rings (SSSR count). The molecule has 0 saturated heterocycles. The second-order valence-electron chi connectivity index (χ2n) is 4.82. The lowest BCUT2D eigenvalue weighted by Crippen LogP contribution is -2.38. The van der Waals surface area contributed by atoms with Gasteiger partial charge in [0.05, 0.1) is 11.1 Å². The summed E-state index contributed by atoms with van der Waals surface area (Å²) < 4.78 is 39.6. The van der Waals surface area contributed by atoms with Crippen LogP contribution in [-0.4, -0.2) is 21.1 Å². The van der Waals surface area contributed by atoms with Crippen LogP contribution in [0, 0.1) is 0 Å². The van der Waals surface area contributed by atoms with Gasteiger partial charge in [-0.25, -0.2) is 0 Å². The molecular weight excluding hydrogens is 257 g/mol. The molecule has 104 valence electrons. The largest absolute Gasteiger partial charge is 0.417 e. The van der Waals surface area contributed by atoms with Crippen LogP contribution in [0.5, 0.6) is 0 Å². The van der Waals surface area contributed by atoms with Gasteiger partial charge in [0.15, 0.2) is 11.5 Å². The predicted molar refractivity (Wildman–Crippen MR) is 64.7 cm³/mol. The van der Waals surface area contributed by atoms with Crippen molar-refractivity contribution >= 4 is 5.65 Å². The number of halogens is 3. The molecule has 2 aromatic heterocycles. The fourth-order valence-electron chi connectivity index (χ4n) is 2.01. The first-order valence-electron chi connectivity index (χ1n) is 5.93. The summed E-state index contributed by atoms with van der Waals surface area (Å²) in [6, 6.07) is 2.33. The normalized spacial score (nSPS) is 13.2. The first-order chi connectivity index (χ1) is 8.75. The summed E-state index contributed by atoms with van der Waals surface area (Å²) in [5, 5.41) is 11.1. The van der Waals surface area contributed by atoms with Crippen molar-refractivity contribution in [2.75, 3.05) is 6.54 Å². The third kappa shape index (κ3) is 2.56. The molecule has 0 aliphatic rings. The quantitative estimate of drug-likeness (QED) is 0.933. The lowest BCUT2D eigenvalue weighted by atomic mass is 10.0. The van der Waals surface area contributed by atoms with Crippen molar-refractivity contribution in [1.82, 2.24) is 19.9 Å². The van der Waals surface area contributed by atoms with Crippen LogP contribution in [0.25, 0.3) is 5.65 Å². The van der Waals surface area contributed by atoms with E-state index in [1.54, 1.807) is 0 Å². The fourth-order valence-corrected chi connectivity index (χ4v) is 2.01. The maximum atomic E-state index is 12.7. The Kier molecular flexibility index (Phi) is 3.25. The Balaban J connectivity index is 2.58. The van der Waals surface area contributed by atoms with E-state index in [9.17, 15) is 13.2 Å². The fraction of sp³-hybridized carbons (Fsp3) is 0.500. The Morgan fingerprint density at radius 2 is 1.89 bits per heavy atom. The Bertz CT molecular complexity index is 586. The van der Waals surface area contributed by atoms with E-state index in [4.69, 9.17) is 0 Å². The van der Waals surface area contributed by atoms with Crippen molar-refractivity contribution in [1.29, 1.82) is 0 Å². The van der Waals surface area contributed by atoms with Crippen molar-refractivity contribution < 1.29 is 13.2 Å². The lowest BCUT2D eigenvalue weighted by Gasteiger charge is -2.23. The molecule has 0 aliphatic carbocycles. The molecule has 1 N–H and O–H groups in total. The van der Waals surface area contributed by atoms with Crippen LogP contribution >= 0.6 is 0 Å². The maximum absolute atomic E-state index is 12.7. The maximum Gasteiger partial charge on any atom is 0.417 e. The third-order valence-corrected chi connectivity index (χ3v) is 2.91. The minimum absolute atomic E-state index is 0.397. The molecule has 0 amide bonds. The first-order valence-corrected chi connectivity index (χ1v) is 5.93. The molecule has 0 aliphatic heterocycles. The molecule has 2 heterocycles. The minimum Gasteiger partial charge on any atom is -0.305 e. The molecule has 0 spiro atoms. The average Bonchev–Trinajstić information content (AvgIpc) is 2.70. The van der Waals surface area contributed by atoms with Gasteiger partial charge in [-0.2, -0.15) is 13.2 Å². The van der Waals surface area contributed by atoms with Crippen molar-refractivity contribution in [3.8, 4) is 0 Å². The van der Waals surface area contributed by atoms with Crippen LogP contribution in [0.1, 0.15) is 32.2 Å². The summed E-state index contributed by atoms with van der Waals surface area (Å²) in [5.41, 5.74) is -0.874. The van der Waals surface area contributed by atoms with Crippen molar-refractivity contribution in [2.45, 2.75) is 32.5 Å². The number of nitrogens with one attached hydrogen (secondary N) is 1. The Morgan fingerprint density at radius 3 is 2.47 bits per heavy atom. The molecule has 0 atom stereocenters. The molecule has 0 radical (unpaired) electrons. The summed E-state index contributed by atoms with van der Waals surface area (Å²) in [4.78, 5) is 0. The summed E-state index contributed by atoms with van der Waals surface area (Å²) in [7, 11) is 0. The Morgan fingerprint density at radius 1 is 1.21 bits per heavy atom. The number of fused-ring (bicyclic) bond motifs is 1. The van der Waals surface area contributed by atoms with E-state index in [1.165, 1.54) is 10.5 Å². The van der Waals surface area contributed by atoms with Crippen LogP contribution in [0.4, 0.5) is 13.2 Å². The first kappa shape index (κ1) is 13.8. The van der Waals surface area contributed by atoms with Crippen molar-refractivity contribution in [3.05, 3.63) is 29.7 Å². The second kappa shape index (κ2) is 4.48. The summed E-state index contributed by atoms with van der Waals surface area (Å²) in [6.07, 6.45) is -3.35. The molecule has 19 heavy (non-hydrogen) atoms. The molecule has 2 aromatic rings. The van der Waals surface area contributed by atoms with Crippen LogP contribution in [0.2, 0.25) is 0 Å². The smallest absolute Gasteiger partial charge is 0.305 e. The number of aromatic nitrogens is 3. The summed E-state index contributed by atoms with van der Waals surface area (Å²) in [6.45, 7) is 6.31. The van der Waals surface area contributed by atoms with E-state index in [0.29, 0.717) is 18.0 Å². The summed E-state index contributed by atoms with van der Waals surface area (Å²) in [5.74, 6) is 0.454. The minimum atomic E-state index is -4.38. The lowest BCUT2D eigenvalue weighted by molar-refractivity contribution is -0.137. The molecular formula is C12H15F3N4. The molecule has 0 bridgehead atoms. The van der Waals surface area contributed by atoms with Crippen LogP contribution < -0.4 is 5.32 Å². The topological polar surface area (TPSA) is 42.2 Å². The molecule has 0 unspecified atom stereocenters. The highest BCUT2D eigenvalue weighted by atomic mass is 19.4. The molecule has 0 fully saturated rings. The standard InChI is InChI=1S/C12H15F3N4/c1-4-16-11(2,3)10-18-17-9-6-5-8(7-19(9)10)12(13,14)15/h5-7,16H,4H2,1-3H3. The molecule has 0 aromatic carbocycles. The van der Waals surface area contributed by atoms with Crippen LogP contribution in [0.3, 0.4) is 0 Å². The van der Waals surface area contributed by atoms with Gasteiger partial charge in [-0.3, -0.25) is 4.40 Å². The van der Waals surface area contributed by atoms with E-state index >= 15 is 0 Å². The van der Waals surface area contributed by atoms with Gasteiger partial charge in [0.1, 0.15) is 0 Å². The van der Waals surface area contributed by atoms with E-state index in [0.717, 1.165) is 12.3 Å². The number of rotatable bonds is 3. The van der Waals surface area contributed by atoms with Gasteiger partial charge >= 0.3 is 6.18 Å². The SMILES string of the molecule is CCNC(C)(C)c1nnc2ccc(C(F)(F)F)cn12. The van der Waals surface area contributed by atoms with Crippen LogP contribution in [0.15, 0.2) is 18.3 Å².